The van der Waals surface area contributed by atoms with Gasteiger partial charge in [-0.25, -0.2) is 9.59 Å². The van der Waals surface area contributed by atoms with Crippen LogP contribution in [0.25, 0.3) is 0 Å². The van der Waals surface area contributed by atoms with E-state index in [9.17, 15) is 14.4 Å². The summed E-state index contributed by atoms with van der Waals surface area (Å²) in [5.41, 5.74) is 4.53. The van der Waals surface area contributed by atoms with E-state index in [-0.39, 0.29) is 0 Å². The molecule has 1 aliphatic rings. The predicted molar refractivity (Wildman–Crippen MR) is 55.4 cm³/mol. The average molecular weight is 222 g/mol. The van der Waals surface area contributed by atoms with Gasteiger partial charge in [0.05, 0.1) is 6.07 Å². The molecule has 1 heterocycles. The Hall–Kier alpha value is -2.68. The van der Waals surface area contributed by atoms with Crippen LogP contribution in [0.2, 0.25) is 0 Å². The van der Waals surface area contributed by atoms with Gasteiger partial charge in [-0.05, 0) is 6.08 Å². The van der Waals surface area contributed by atoms with E-state index in [1.54, 1.807) is 6.07 Å². The number of ether oxygens (including phenoxy) is 1. The summed E-state index contributed by atoms with van der Waals surface area (Å²) in [5, 5.41) is 7.51. The molecule has 0 fully saturated rings. The van der Waals surface area contributed by atoms with Crippen molar-refractivity contribution in [1.29, 1.82) is 5.26 Å². The van der Waals surface area contributed by atoms with Gasteiger partial charge < -0.3 is 10.5 Å². The zero-order chi connectivity index (χ0) is 13.0. The highest BCUT2D eigenvalue weighted by Gasteiger charge is 2.10. The molecule has 0 aromatic rings. The minimum atomic E-state index is -0.579. The Morgan fingerprint density at radius 2 is 1.69 bits per heavy atom. The van der Waals surface area contributed by atoms with Gasteiger partial charge in [-0.3, -0.25) is 4.79 Å². The van der Waals surface area contributed by atoms with Crippen LogP contribution in [0.15, 0.2) is 37.5 Å². The molecular weight excluding hydrogens is 212 g/mol. The first-order valence-electron chi connectivity index (χ1n) is 3.84. The number of nitriles is 1. The first-order chi connectivity index (χ1) is 7.47. The SMILES string of the molecule is C=CC#N.C=CC(N)=O.O=C1C=CC(=O)O1. The van der Waals surface area contributed by atoms with Gasteiger partial charge in [-0.1, -0.05) is 13.2 Å². The van der Waals surface area contributed by atoms with Crippen molar-refractivity contribution in [3.05, 3.63) is 37.5 Å². The zero-order valence-corrected chi connectivity index (χ0v) is 8.38. The molecule has 0 unspecified atom stereocenters. The Labute approximate surface area is 92.3 Å². The first kappa shape index (κ1) is 15.8. The molecular formula is C10H10N2O4. The first-order valence-corrected chi connectivity index (χ1v) is 3.84. The third-order valence-electron chi connectivity index (χ3n) is 0.849. The monoisotopic (exact) mass is 222 g/mol. The quantitative estimate of drug-likeness (QED) is 0.290. The number of allylic oxidation sites excluding steroid dienone is 1. The number of carbonyl (C=O) groups is 3. The number of primary amides is 1. The molecule has 6 heteroatoms. The van der Waals surface area contributed by atoms with Crippen molar-refractivity contribution >= 4 is 17.8 Å². The highest BCUT2D eigenvalue weighted by Crippen LogP contribution is 1.92. The van der Waals surface area contributed by atoms with Crippen LogP contribution < -0.4 is 5.73 Å². The molecule has 0 aliphatic carbocycles. The molecule has 0 saturated carbocycles. The fraction of sp³-hybridized carbons (Fsp3) is 0. The van der Waals surface area contributed by atoms with E-state index in [0.29, 0.717) is 0 Å². The van der Waals surface area contributed by atoms with Crippen LogP contribution >= 0.6 is 0 Å². The van der Waals surface area contributed by atoms with Crippen LogP contribution in [0.1, 0.15) is 0 Å². The Morgan fingerprint density at radius 3 is 1.75 bits per heavy atom. The molecule has 0 saturated heterocycles. The lowest BCUT2D eigenvalue weighted by Gasteiger charge is -1.80. The maximum Gasteiger partial charge on any atom is 0.338 e. The number of rotatable bonds is 1. The Morgan fingerprint density at radius 1 is 1.38 bits per heavy atom. The van der Waals surface area contributed by atoms with Crippen molar-refractivity contribution in [2.24, 2.45) is 5.73 Å². The van der Waals surface area contributed by atoms with E-state index in [4.69, 9.17) is 5.26 Å². The summed E-state index contributed by atoms with van der Waals surface area (Å²) in [4.78, 5) is 29.3. The van der Waals surface area contributed by atoms with Crippen molar-refractivity contribution in [1.82, 2.24) is 0 Å². The molecule has 2 N–H and O–H groups in total. The summed E-state index contributed by atoms with van der Waals surface area (Å²) in [6, 6.07) is 1.69. The summed E-state index contributed by atoms with van der Waals surface area (Å²) in [5.74, 6) is -1.64. The molecule has 0 aromatic carbocycles. The zero-order valence-electron chi connectivity index (χ0n) is 8.38. The van der Waals surface area contributed by atoms with Gasteiger partial charge in [0.15, 0.2) is 0 Å². The Bertz CT molecular complexity index is 348. The fourth-order valence-corrected chi connectivity index (χ4v) is 0.303. The molecule has 0 aromatic heterocycles. The smallest absolute Gasteiger partial charge is 0.338 e. The van der Waals surface area contributed by atoms with Crippen molar-refractivity contribution in [2.75, 3.05) is 0 Å². The maximum absolute atomic E-state index is 9.92. The van der Waals surface area contributed by atoms with Crippen LogP contribution in [0.5, 0.6) is 0 Å². The molecule has 1 aliphatic heterocycles. The lowest BCUT2D eigenvalue weighted by atomic mass is 10.6. The number of esters is 2. The van der Waals surface area contributed by atoms with Crippen LogP contribution in [-0.4, -0.2) is 17.8 Å². The maximum atomic E-state index is 9.92. The van der Waals surface area contributed by atoms with E-state index in [1.165, 1.54) is 6.08 Å². The summed E-state index contributed by atoms with van der Waals surface area (Å²) < 4.78 is 3.97. The second kappa shape index (κ2) is 10.4. The molecule has 84 valence electrons. The molecule has 0 atom stereocenters. The van der Waals surface area contributed by atoms with Gasteiger partial charge in [0.25, 0.3) is 0 Å². The normalized spacial score (nSPS) is 10.7. The van der Waals surface area contributed by atoms with Gasteiger partial charge in [-0.15, -0.1) is 0 Å². The van der Waals surface area contributed by atoms with Crippen molar-refractivity contribution < 1.29 is 19.1 Å². The molecule has 1 amide bonds. The summed E-state index contributed by atoms with van der Waals surface area (Å²) in [7, 11) is 0. The Kier molecular flexibility index (Phi) is 10.3. The third-order valence-corrected chi connectivity index (χ3v) is 0.849. The van der Waals surface area contributed by atoms with E-state index in [0.717, 1.165) is 18.2 Å². The minimum Gasteiger partial charge on any atom is -0.387 e. The topological polar surface area (TPSA) is 110 Å². The van der Waals surface area contributed by atoms with Gasteiger partial charge in [0, 0.05) is 18.2 Å². The van der Waals surface area contributed by atoms with Crippen molar-refractivity contribution in [3.63, 3.8) is 0 Å². The summed E-state index contributed by atoms with van der Waals surface area (Å²) in [6.45, 7) is 6.20. The van der Waals surface area contributed by atoms with Gasteiger partial charge >= 0.3 is 11.9 Å². The number of hydrogen-bond donors (Lipinski definition) is 1. The van der Waals surface area contributed by atoms with Crippen molar-refractivity contribution in [3.8, 4) is 6.07 Å². The molecule has 0 spiro atoms. The minimum absolute atomic E-state index is 0.481. The van der Waals surface area contributed by atoms with Crippen LogP contribution in [0, 0.1) is 11.3 Å². The number of cyclic esters (lactones) is 2. The van der Waals surface area contributed by atoms with Crippen LogP contribution in [0.3, 0.4) is 0 Å². The second-order valence-corrected chi connectivity index (χ2v) is 2.01. The average Bonchev–Trinajstić information content (AvgIpc) is 2.63. The van der Waals surface area contributed by atoms with Gasteiger partial charge in [0.1, 0.15) is 0 Å². The molecule has 0 bridgehead atoms. The molecule has 0 radical (unpaired) electrons. The van der Waals surface area contributed by atoms with E-state index >= 15 is 0 Å². The largest absolute Gasteiger partial charge is 0.387 e. The lowest BCUT2D eigenvalue weighted by molar-refractivity contribution is -0.150. The lowest BCUT2D eigenvalue weighted by Crippen LogP contribution is -2.04. The fourth-order valence-electron chi connectivity index (χ4n) is 0.303. The number of hydrogen-bond acceptors (Lipinski definition) is 5. The Balaban J connectivity index is 0. The summed E-state index contributed by atoms with van der Waals surface area (Å²) in [6.07, 6.45) is 4.41. The number of carbonyl (C=O) groups excluding carboxylic acids is 3. The number of nitrogens with two attached hydrogens (primary N) is 1. The highest BCUT2D eigenvalue weighted by molar-refractivity contribution is 6.04. The number of nitrogens with zero attached hydrogens (tertiary/aromatic N) is 1. The van der Waals surface area contributed by atoms with Crippen molar-refractivity contribution in [2.45, 2.75) is 0 Å². The predicted octanol–water partition coefficient (Wildman–Crippen LogP) is -0.0203. The number of amides is 1. The van der Waals surface area contributed by atoms with E-state index < -0.39 is 17.8 Å². The van der Waals surface area contributed by atoms with Crippen LogP contribution in [0.4, 0.5) is 0 Å². The van der Waals surface area contributed by atoms with Gasteiger partial charge in [-0.2, -0.15) is 5.26 Å². The molecule has 6 nitrogen and oxygen atoms in total. The van der Waals surface area contributed by atoms with Crippen LogP contribution in [-0.2, 0) is 19.1 Å². The molecule has 16 heavy (non-hydrogen) atoms. The van der Waals surface area contributed by atoms with Gasteiger partial charge in [0.2, 0.25) is 5.91 Å². The van der Waals surface area contributed by atoms with E-state index in [1.807, 2.05) is 0 Å². The molecule has 1 rings (SSSR count). The second-order valence-electron chi connectivity index (χ2n) is 2.01. The van der Waals surface area contributed by atoms with E-state index in [2.05, 4.69) is 23.6 Å². The standard InChI is InChI=1S/C4H2O3.C3H5NO.C3H3N/c5-3-1-2-4(6)7-3;1-2-3(4)5;1-2-3-4/h1-2H;2H,1H2,(H2,4,5);2H,1H2. The summed E-state index contributed by atoms with van der Waals surface area (Å²) >= 11 is 0. The third kappa shape index (κ3) is 13.9. The highest BCUT2D eigenvalue weighted by atomic mass is 16.6.